The largest absolute Gasteiger partial charge is 0.465 e. The molecule has 0 saturated heterocycles. The van der Waals surface area contributed by atoms with E-state index < -0.39 is 46.5 Å². The van der Waals surface area contributed by atoms with Gasteiger partial charge in [0, 0.05) is 18.3 Å². The van der Waals surface area contributed by atoms with Gasteiger partial charge >= 0.3 is 5.97 Å². The Balaban J connectivity index is 2.40. The van der Waals surface area contributed by atoms with Gasteiger partial charge in [-0.2, -0.15) is 0 Å². The molecule has 4 nitrogen and oxygen atoms in total. The number of Topliss-reactive ketones (excluding diaryl/α,β-unsaturated/α-hetero) is 1. The highest BCUT2D eigenvalue weighted by atomic mass is 19.2. The van der Waals surface area contributed by atoms with E-state index in [0.29, 0.717) is 0 Å². The number of halogens is 4. The highest BCUT2D eigenvalue weighted by molar-refractivity contribution is 6.18. The molecule has 1 aliphatic rings. The Morgan fingerprint density at radius 3 is 2.48 bits per heavy atom. The molecular formula is C15H13F4NO3. The first-order valence-corrected chi connectivity index (χ1v) is 6.94. The van der Waals surface area contributed by atoms with Gasteiger partial charge in [-0.15, -0.1) is 0 Å². The molecule has 0 aromatic heterocycles. The minimum Gasteiger partial charge on any atom is -0.465 e. The van der Waals surface area contributed by atoms with Gasteiger partial charge < -0.3 is 4.74 Å². The van der Waals surface area contributed by atoms with Crippen LogP contribution in [0.15, 0.2) is 11.1 Å². The maximum Gasteiger partial charge on any atom is 0.322 e. The van der Waals surface area contributed by atoms with Crippen LogP contribution in [-0.4, -0.2) is 30.6 Å². The molecule has 2 rings (SSSR count). The number of hydrogen-bond donors (Lipinski definition) is 0. The molecule has 1 aromatic carbocycles. The van der Waals surface area contributed by atoms with Gasteiger partial charge in [0.15, 0.2) is 29.2 Å². The number of aliphatic imine (C=N–C) groups is 1. The number of benzene rings is 1. The zero-order valence-electron chi connectivity index (χ0n) is 12.1. The van der Waals surface area contributed by atoms with E-state index >= 15 is 0 Å². The van der Waals surface area contributed by atoms with Gasteiger partial charge in [0.05, 0.1) is 12.2 Å². The third-order valence-electron chi connectivity index (χ3n) is 3.18. The van der Waals surface area contributed by atoms with Crippen molar-refractivity contribution in [3.8, 4) is 0 Å². The van der Waals surface area contributed by atoms with Crippen molar-refractivity contribution in [1.29, 1.82) is 0 Å². The predicted molar refractivity (Wildman–Crippen MR) is 72.2 cm³/mol. The molecule has 0 heterocycles. The number of carbonyl (C=O) groups excluding carboxylic acids is 2. The lowest BCUT2D eigenvalue weighted by molar-refractivity contribution is -0.143. The summed E-state index contributed by atoms with van der Waals surface area (Å²) in [6.07, 6.45) is 2.49. The van der Waals surface area contributed by atoms with Crippen LogP contribution in [0.3, 0.4) is 0 Å². The molecule has 1 atom stereocenters. The molecule has 0 spiro atoms. The minimum absolute atomic E-state index is 0.0475. The number of hydrogen-bond acceptors (Lipinski definition) is 4. The van der Waals surface area contributed by atoms with E-state index in [1.54, 1.807) is 0 Å². The van der Waals surface area contributed by atoms with Gasteiger partial charge in [0.1, 0.15) is 5.82 Å². The van der Waals surface area contributed by atoms with E-state index in [4.69, 9.17) is 0 Å². The maximum atomic E-state index is 13.7. The summed E-state index contributed by atoms with van der Waals surface area (Å²) in [6.45, 7) is 1.42. The summed E-state index contributed by atoms with van der Waals surface area (Å²) in [7, 11) is 0. The van der Waals surface area contributed by atoms with Crippen molar-refractivity contribution in [3.63, 3.8) is 0 Å². The topological polar surface area (TPSA) is 55.7 Å². The molecule has 8 heteroatoms. The molecule has 1 unspecified atom stereocenters. The Morgan fingerprint density at radius 2 is 1.91 bits per heavy atom. The van der Waals surface area contributed by atoms with Crippen molar-refractivity contribution in [1.82, 2.24) is 0 Å². The molecule has 124 valence electrons. The maximum absolute atomic E-state index is 13.7. The van der Waals surface area contributed by atoms with Crippen LogP contribution in [-0.2, 0) is 9.53 Å². The molecule has 1 saturated carbocycles. The Hall–Kier alpha value is -2.25. The third kappa shape index (κ3) is 3.75. The zero-order valence-corrected chi connectivity index (χ0v) is 12.1. The Morgan fingerprint density at radius 1 is 1.26 bits per heavy atom. The van der Waals surface area contributed by atoms with Crippen LogP contribution in [0.2, 0.25) is 0 Å². The first kappa shape index (κ1) is 17.1. The lowest BCUT2D eigenvalue weighted by atomic mass is 9.97. The summed E-state index contributed by atoms with van der Waals surface area (Å²) >= 11 is 0. The van der Waals surface area contributed by atoms with E-state index in [9.17, 15) is 27.2 Å². The van der Waals surface area contributed by atoms with Gasteiger partial charge in [-0.05, 0) is 19.8 Å². The molecule has 1 aromatic rings. The summed E-state index contributed by atoms with van der Waals surface area (Å²) in [6, 6.07) is -0.00862. The van der Waals surface area contributed by atoms with E-state index in [0.717, 1.165) is 19.1 Å². The monoisotopic (exact) mass is 331 g/mol. The Kier molecular flexibility index (Phi) is 5.12. The number of ether oxygens (including phenoxy) is 1. The van der Waals surface area contributed by atoms with Crippen LogP contribution in [0.25, 0.3) is 0 Å². The number of carbonyl (C=O) groups is 2. The van der Waals surface area contributed by atoms with Crippen molar-refractivity contribution < 1.29 is 31.9 Å². The van der Waals surface area contributed by atoms with Gasteiger partial charge in [-0.25, -0.2) is 17.6 Å². The average Bonchev–Trinajstić information content (AvgIpc) is 3.29. The fourth-order valence-corrected chi connectivity index (χ4v) is 1.85. The molecular weight excluding hydrogens is 318 g/mol. The number of ketones is 1. The normalized spacial score (nSPS) is 15.7. The highest BCUT2D eigenvalue weighted by Gasteiger charge is 2.34. The van der Waals surface area contributed by atoms with Crippen molar-refractivity contribution in [2.24, 2.45) is 10.9 Å². The minimum atomic E-state index is -1.99. The van der Waals surface area contributed by atoms with Gasteiger partial charge in [-0.3, -0.25) is 14.6 Å². The number of esters is 1. The summed E-state index contributed by atoms with van der Waals surface area (Å²) in [5.74, 6) is -11.5. The number of nitrogens with zero attached hydrogens (tertiary/aromatic N) is 1. The predicted octanol–water partition coefficient (Wildman–Crippen LogP) is 2.84. The van der Waals surface area contributed by atoms with E-state index in [1.807, 2.05) is 0 Å². The molecule has 23 heavy (non-hydrogen) atoms. The summed E-state index contributed by atoms with van der Waals surface area (Å²) in [4.78, 5) is 28.0. The fraction of sp³-hybridized carbons (Fsp3) is 0.400. The Bertz CT molecular complexity index is 671. The molecule has 0 N–H and O–H groups in total. The van der Waals surface area contributed by atoms with E-state index in [1.165, 1.54) is 6.92 Å². The fourth-order valence-electron chi connectivity index (χ4n) is 1.85. The second-order valence-electron chi connectivity index (χ2n) is 4.97. The standard InChI is InChI=1S/C15H13F4NO3/c1-2-23-15(22)8(6-20-7-3-4-7)14(21)11-9(16)5-10(17)12(18)13(11)19/h5-8H,2-4H2,1H3. The lowest BCUT2D eigenvalue weighted by Crippen LogP contribution is -2.29. The molecule has 0 aliphatic heterocycles. The highest BCUT2D eigenvalue weighted by Crippen LogP contribution is 2.25. The van der Waals surface area contributed by atoms with E-state index in [2.05, 4.69) is 9.73 Å². The molecule has 1 aliphatic carbocycles. The third-order valence-corrected chi connectivity index (χ3v) is 3.18. The average molecular weight is 331 g/mol. The van der Waals surface area contributed by atoms with Crippen LogP contribution in [0, 0.1) is 29.2 Å². The smallest absolute Gasteiger partial charge is 0.322 e. The van der Waals surface area contributed by atoms with Crippen molar-refractivity contribution in [3.05, 3.63) is 34.9 Å². The van der Waals surface area contributed by atoms with Crippen LogP contribution >= 0.6 is 0 Å². The first-order valence-electron chi connectivity index (χ1n) is 6.94. The van der Waals surface area contributed by atoms with Crippen molar-refractivity contribution >= 4 is 18.0 Å². The van der Waals surface area contributed by atoms with Crippen molar-refractivity contribution in [2.75, 3.05) is 6.61 Å². The van der Waals surface area contributed by atoms with Crippen LogP contribution in [0.5, 0.6) is 0 Å². The Labute approximate surface area is 129 Å². The first-order chi connectivity index (χ1) is 10.9. The molecule has 0 amide bonds. The molecule has 0 bridgehead atoms. The zero-order chi connectivity index (χ0) is 17.1. The molecule has 0 radical (unpaired) electrons. The van der Waals surface area contributed by atoms with Gasteiger partial charge in [0.2, 0.25) is 0 Å². The SMILES string of the molecule is CCOC(=O)C(C=NC1CC1)C(=O)c1c(F)cc(F)c(F)c1F. The summed E-state index contributed by atoms with van der Waals surface area (Å²) in [5, 5.41) is 0. The summed E-state index contributed by atoms with van der Waals surface area (Å²) < 4.78 is 58.3. The van der Waals surface area contributed by atoms with Gasteiger partial charge in [-0.1, -0.05) is 0 Å². The van der Waals surface area contributed by atoms with Gasteiger partial charge in [0.25, 0.3) is 0 Å². The van der Waals surface area contributed by atoms with E-state index in [-0.39, 0.29) is 18.7 Å². The van der Waals surface area contributed by atoms with Crippen LogP contribution in [0.1, 0.15) is 30.1 Å². The molecule has 1 fully saturated rings. The van der Waals surface area contributed by atoms with Crippen molar-refractivity contribution in [2.45, 2.75) is 25.8 Å². The lowest BCUT2D eigenvalue weighted by Gasteiger charge is -2.12. The summed E-state index contributed by atoms with van der Waals surface area (Å²) in [5.41, 5.74) is -1.33. The van der Waals surface area contributed by atoms with Crippen LogP contribution in [0.4, 0.5) is 17.6 Å². The number of rotatable bonds is 6. The second-order valence-corrected chi connectivity index (χ2v) is 4.97. The quantitative estimate of drug-likeness (QED) is 0.153. The van der Waals surface area contributed by atoms with Crippen LogP contribution < -0.4 is 0 Å². The second kappa shape index (κ2) is 6.89.